The van der Waals surface area contributed by atoms with E-state index in [2.05, 4.69) is 5.10 Å². The molecule has 0 amide bonds. The van der Waals surface area contributed by atoms with Crippen LogP contribution in [0.3, 0.4) is 0 Å². The van der Waals surface area contributed by atoms with Crippen molar-refractivity contribution in [2.24, 2.45) is 0 Å². The molecule has 1 heterocycles. The largest absolute Gasteiger partial charge is 0.457 e. The van der Waals surface area contributed by atoms with Crippen molar-refractivity contribution < 1.29 is 14.3 Å². The summed E-state index contributed by atoms with van der Waals surface area (Å²) in [5.41, 5.74) is 3.55. The SMILES string of the molecule is Cc1ccc(C(=O)COC(=O)CCn2nc(C)cc2C)cc1. The number of nitrogens with zero attached hydrogens (tertiary/aromatic N) is 2. The Hall–Kier alpha value is -2.43. The minimum atomic E-state index is -0.395. The summed E-state index contributed by atoms with van der Waals surface area (Å²) in [7, 11) is 0. The number of carbonyl (C=O) groups excluding carboxylic acids is 2. The molecule has 2 rings (SSSR count). The summed E-state index contributed by atoms with van der Waals surface area (Å²) in [5.74, 6) is -0.590. The maximum absolute atomic E-state index is 11.9. The van der Waals surface area contributed by atoms with Gasteiger partial charge in [0.05, 0.1) is 18.7 Å². The number of hydrogen-bond acceptors (Lipinski definition) is 4. The molecule has 2 aromatic rings. The van der Waals surface area contributed by atoms with Crippen molar-refractivity contribution in [2.45, 2.75) is 33.7 Å². The summed E-state index contributed by atoms with van der Waals surface area (Å²) in [6.07, 6.45) is 0.198. The number of aryl methyl sites for hydroxylation is 4. The summed E-state index contributed by atoms with van der Waals surface area (Å²) < 4.78 is 6.79. The van der Waals surface area contributed by atoms with E-state index in [1.807, 2.05) is 39.0 Å². The molecule has 0 bridgehead atoms. The molecule has 5 nitrogen and oxygen atoms in total. The predicted molar refractivity (Wildman–Crippen MR) is 82.8 cm³/mol. The zero-order valence-electron chi connectivity index (χ0n) is 13.1. The number of benzene rings is 1. The quantitative estimate of drug-likeness (QED) is 0.608. The van der Waals surface area contributed by atoms with Crippen molar-refractivity contribution in [3.8, 4) is 0 Å². The van der Waals surface area contributed by atoms with Crippen LogP contribution in [0.25, 0.3) is 0 Å². The molecule has 0 N–H and O–H groups in total. The Morgan fingerprint density at radius 2 is 1.82 bits per heavy atom. The topological polar surface area (TPSA) is 61.2 Å². The fraction of sp³-hybridized carbons (Fsp3) is 0.353. The number of esters is 1. The van der Waals surface area contributed by atoms with Crippen LogP contribution < -0.4 is 0 Å². The first-order chi connectivity index (χ1) is 10.5. The maximum Gasteiger partial charge on any atom is 0.308 e. The number of carbonyl (C=O) groups is 2. The van der Waals surface area contributed by atoms with Gasteiger partial charge in [0.25, 0.3) is 0 Å². The van der Waals surface area contributed by atoms with Gasteiger partial charge in [-0.2, -0.15) is 5.10 Å². The summed E-state index contributed by atoms with van der Waals surface area (Å²) in [5, 5.41) is 4.28. The average Bonchev–Trinajstić information content (AvgIpc) is 2.81. The second kappa shape index (κ2) is 7.02. The molecule has 0 atom stereocenters. The highest BCUT2D eigenvalue weighted by atomic mass is 16.5. The normalized spacial score (nSPS) is 10.5. The molecule has 1 aromatic heterocycles. The second-order valence-electron chi connectivity index (χ2n) is 5.35. The standard InChI is InChI=1S/C17H20N2O3/c1-12-4-6-15(7-5-12)16(20)11-22-17(21)8-9-19-14(3)10-13(2)18-19/h4-7,10H,8-9,11H2,1-3H3. The van der Waals surface area contributed by atoms with Crippen molar-refractivity contribution in [2.75, 3.05) is 6.61 Å². The Morgan fingerprint density at radius 3 is 2.41 bits per heavy atom. The van der Waals surface area contributed by atoms with E-state index in [1.165, 1.54) is 0 Å². The molecule has 5 heteroatoms. The molecule has 0 saturated carbocycles. The molecule has 0 radical (unpaired) electrons. The van der Waals surface area contributed by atoms with Crippen LogP contribution in [-0.4, -0.2) is 28.1 Å². The molecule has 0 fully saturated rings. The Labute approximate surface area is 129 Å². The minimum absolute atomic E-state index is 0.195. The molecular weight excluding hydrogens is 280 g/mol. The van der Waals surface area contributed by atoms with Gasteiger partial charge in [0.2, 0.25) is 0 Å². The monoisotopic (exact) mass is 300 g/mol. The Kier molecular flexibility index (Phi) is 5.09. The minimum Gasteiger partial charge on any atom is -0.457 e. The van der Waals surface area contributed by atoms with Crippen molar-refractivity contribution in [1.82, 2.24) is 9.78 Å². The van der Waals surface area contributed by atoms with E-state index in [1.54, 1.807) is 16.8 Å². The van der Waals surface area contributed by atoms with Gasteiger partial charge in [-0.05, 0) is 26.8 Å². The van der Waals surface area contributed by atoms with E-state index in [0.29, 0.717) is 12.1 Å². The van der Waals surface area contributed by atoms with E-state index in [4.69, 9.17) is 4.74 Å². The van der Waals surface area contributed by atoms with Crippen LogP contribution in [0, 0.1) is 20.8 Å². The van der Waals surface area contributed by atoms with Gasteiger partial charge in [-0.3, -0.25) is 14.3 Å². The van der Waals surface area contributed by atoms with Crippen molar-refractivity contribution in [3.63, 3.8) is 0 Å². The lowest BCUT2D eigenvalue weighted by Gasteiger charge is -2.06. The van der Waals surface area contributed by atoms with Gasteiger partial charge >= 0.3 is 5.97 Å². The van der Waals surface area contributed by atoms with Gasteiger partial charge in [0.1, 0.15) is 0 Å². The zero-order chi connectivity index (χ0) is 16.1. The van der Waals surface area contributed by atoms with E-state index < -0.39 is 5.97 Å². The Morgan fingerprint density at radius 1 is 1.14 bits per heavy atom. The van der Waals surface area contributed by atoms with Crippen molar-refractivity contribution in [1.29, 1.82) is 0 Å². The molecule has 0 spiro atoms. The third kappa shape index (κ3) is 4.28. The summed E-state index contributed by atoms with van der Waals surface area (Å²) in [6.45, 7) is 6.03. The van der Waals surface area contributed by atoms with Gasteiger partial charge in [-0.25, -0.2) is 0 Å². The van der Waals surface area contributed by atoms with Crippen molar-refractivity contribution in [3.05, 3.63) is 52.8 Å². The van der Waals surface area contributed by atoms with Crippen LogP contribution in [0.5, 0.6) is 0 Å². The lowest BCUT2D eigenvalue weighted by atomic mass is 10.1. The number of ether oxygens (including phenoxy) is 1. The van der Waals surface area contributed by atoms with Gasteiger partial charge < -0.3 is 4.74 Å². The fourth-order valence-corrected chi connectivity index (χ4v) is 2.14. The lowest BCUT2D eigenvalue weighted by molar-refractivity contribution is -0.142. The number of ketones is 1. The smallest absolute Gasteiger partial charge is 0.308 e. The summed E-state index contributed by atoms with van der Waals surface area (Å²) >= 11 is 0. The average molecular weight is 300 g/mol. The summed E-state index contributed by atoms with van der Waals surface area (Å²) in [4.78, 5) is 23.6. The number of aromatic nitrogens is 2. The zero-order valence-corrected chi connectivity index (χ0v) is 13.1. The van der Waals surface area contributed by atoms with Gasteiger partial charge in [-0.1, -0.05) is 29.8 Å². The molecule has 0 saturated heterocycles. The molecule has 116 valence electrons. The first kappa shape index (κ1) is 15.9. The first-order valence-corrected chi connectivity index (χ1v) is 7.22. The molecule has 22 heavy (non-hydrogen) atoms. The molecule has 0 aliphatic heterocycles. The van der Waals surface area contributed by atoms with Gasteiger partial charge in [0.15, 0.2) is 12.4 Å². The number of rotatable bonds is 6. The molecular formula is C17H20N2O3. The highest BCUT2D eigenvalue weighted by Gasteiger charge is 2.11. The van der Waals surface area contributed by atoms with Crippen LogP contribution >= 0.6 is 0 Å². The molecule has 0 unspecified atom stereocenters. The van der Waals surface area contributed by atoms with E-state index in [0.717, 1.165) is 17.0 Å². The van der Waals surface area contributed by atoms with Crippen molar-refractivity contribution >= 4 is 11.8 Å². The van der Waals surface area contributed by atoms with Crippen LogP contribution in [0.1, 0.15) is 33.7 Å². The highest BCUT2D eigenvalue weighted by Crippen LogP contribution is 2.06. The molecule has 0 aliphatic rings. The van der Waals surface area contributed by atoms with E-state index in [9.17, 15) is 9.59 Å². The fourth-order valence-electron chi connectivity index (χ4n) is 2.14. The Balaban J connectivity index is 1.79. The van der Waals surface area contributed by atoms with Crippen LogP contribution in [0.15, 0.2) is 30.3 Å². The molecule has 1 aromatic carbocycles. The third-order valence-corrected chi connectivity index (χ3v) is 3.37. The Bertz CT molecular complexity index is 672. The summed E-state index contributed by atoms with van der Waals surface area (Å²) in [6, 6.07) is 9.14. The predicted octanol–water partition coefficient (Wildman–Crippen LogP) is 2.62. The first-order valence-electron chi connectivity index (χ1n) is 7.22. The van der Waals surface area contributed by atoms with Gasteiger partial charge in [0, 0.05) is 11.3 Å². The van der Waals surface area contributed by atoms with Crippen LogP contribution in [0.4, 0.5) is 0 Å². The second-order valence-corrected chi connectivity index (χ2v) is 5.35. The van der Waals surface area contributed by atoms with E-state index >= 15 is 0 Å². The highest BCUT2D eigenvalue weighted by molar-refractivity contribution is 5.97. The number of hydrogen-bond donors (Lipinski definition) is 0. The maximum atomic E-state index is 11.9. The number of Topliss-reactive ketones (excluding diaryl/α,β-unsaturated/α-hetero) is 1. The molecule has 0 aliphatic carbocycles. The lowest BCUT2D eigenvalue weighted by Crippen LogP contribution is -2.16. The third-order valence-electron chi connectivity index (χ3n) is 3.37. The van der Waals surface area contributed by atoms with Crippen LogP contribution in [0.2, 0.25) is 0 Å². The van der Waals surface area contributed by atoms with Gasteiger partial charge in [-0.15, -0.1) is 0 Å². The van der Waals surface area contributed by atoms with Crippen LogP contribution in [-0.2, 0) is 16.1 Å². The van der Waals surface area contributed by atoms with E-state index in [-0.39, 0.29) is 18.8 Å².